The number of rotatable bonds is 4. The zero-order valence-corrected chi connectivity index (χ0v) is 8.89. The van der Waals surface area contributed by atoms with Gasteiger partial charge in [-0.1, -0.05) is 0 Å². The summed E-state index contributed by atoms with van der Waals surface area (Å²) in [5, 5.41) is 2.01. The summed E-state index contributed by atoms with van der Waals surface area (Å²) in [7, 11) is 0. The molecule has 3 nitrogen and oxygen atoms in total. The van der Waals surface area contributed by atoms with Crippen LogP contribution in [0.5, 0.6) is 5.75 Å². The first kappa shape index (κ1) is 9.96. The summed E-state index contributed by atoms with van der Waals surface area (Å²) in [6, 6.07) is 1.97. The minimum atomic E-state index is 0.278. The van der Waals surface area contributed by atoms with Crippen molar-refractivity contribution in [2.24, 2.45) is 5.73 Å². The van der Waals surface area contributed by atoms with E-state index in [4.69, 9.17) is 15.2 Å². The van der Waals surface area contributed by atoms with Crippen LogP contribution < -0.4 is 10.5 Å². The fourth-order valence-electron chi connectivity index (χ4n) is 1.56. The molecule has 1 aliphatic heterocycles. The molecule has 14 heavy (non-hydrogen) atoms. The maximum Gasteiger partial charge on any atom is 0.134 e. The van der Waals surface area contributed by atoms with E-state index in [1.807, 2.05) is 11.4 Å². The molecular weight excluding hydrogens is 198 g/mol. The molecule has 2 rings (SSSR count). The van der Waals surface area contributed by atoms with Crippen LogP contribution in [0.1, 0.15) is 17.7 Å². The molecule has 0 aliphatic carbocycles. The number of nitrogens with two attached hydrogens (primary N) is 1. The predicted molar refractivity (Wildman–Crippen MR) is 56.7 cm³/mol. The first-order valence-corrected chi connectivity index (χ1v) is 5.79. The Morgan fingerprint density at radius 2 is 2.57 bits per heavy atom. The molecule has 1 aromatic heterocycles. The van der Waals surface area contributed by atoms with Crippen molar-refractivity contribution in [2.45, 2.75) is 25.5 Å². The van der Waals surface area contributed by atoms with Crippen molar-refractivity contribution >= 4 is 11.3 Å². The van der Waals surface area contributed by atoms with Gasteiger partial charge in [0.05, 0.1) is 11.0 Å². The number of hydrogen-bond acceptors (Lipinski definition) is 4. The molecule has 0 radical (unpaired) electrons. The Hall–Kier alpha value is -0.580. The topological polar surface area (TPSA) is 44.5 Å². The summed E-state index contributed by atoms with van der Waals surface area (Å²) in [4.78, 5) is 1.11. The van der Waals surface area contributed by atoms with Crippen LogP contribution in [0.2, 0.25) is 0 Å². The van der Waals surface area contributed by atoms with Gasteiger partial charge in [-0.05, 0) is 24.3 Å². The van der Waals surface area contributed by atoms with Gasteiger partial charge in [0.25, 0.3) is 0 Å². The van der Waals surface area contributed by atoms with E-state index in [-0.39, 0.29) is 6.10 Å². The second-order valence-electron chi connectivity index (χ2n) is 3.36. The van der Waals surface area contributed by atoms with Crippen molar-refractivity contribution in [3.8, 4) is 5.75 Å². The van der Waals surface area contributed by atoms with Crippen molar-refractivity contribution in [1.82, 2.24) is 0 Å². The first-order chi connectivity index (χ1) is 6.90. The lowest BCUT2D eigenvalue weighted by molar-refractivity contribution is 0.0678. The van der Waals surface area contributed by atoms with Crippen LogP contribution in [0.25, 0.3) is 0 Å². The Morgan fingerprint density at radius 1 is 1.64 bits per heavy atom. The highest BCUT2D eigenvalue weighted by Crippen LogP contribution is 2.25. The zero-order valence-electron chi connectivity index (χ0n) is 8.07. The van der Waals surface area contributed by atoms with Crippen LogP contribution in [0.3, 0.4) is 0 Å². The fourth-order valence-corrected chi connectivity index (χ4v) is 2.26. The minimum Gasteiger partial charge on any atom is -0.490 e. The summed E-state index contributed by atoms with van der Waals surface area (Å²) in [5.41, 5.74) is 5.58. The van der Waals surface area contributed by atoms with Gasteiger partial charge < -0.3 is 15.2 Å². The highest BCUT2D eigenvalue weighted by Gasteiger charge is 2.16. The van der Waals surface area contributed by atoms with Gasteiger partial charge in [-0.2, -0.15) is 0 Å². The van der Waals surface area contributed by atoms with Gasteiger partial charge in [0.1, 0.15) is 12.4 Å². The van der Waals surface area contributed by atoms with E-state index >= 15 is 0 Å². The normalized spacial score (nSPS) is 21.4. The van der Waals surface area contributed by atoms with E-state index in [1.165, 1.54) is 0 Å². The highest BCUT2D eigenvalue weighted by molar-refractivity contribution is 7.10. The largest absolute Gasteiger partial charge is 0.490 e. The fraction of sp³-hybridized carbons (Fsp3) is 0.600. The molecule has 2 N–H and O–H groups in total. The van der Waals surface area contributed by atoms with Gasteiger partial charge >= 0.3 is 0 Å². The zero-order chi connectivity index (χ0) is 9.80. The SMILES string of the molecule is NCc1sccc1OCC1CCCO1. The third-order valence-corrected chi connectivity index (χ3v) is 3.26. The van der Waals surface area contributed by atoms with Crippen LogP contribution in [-0.2, 0) is 11.3 Å². The Kier molecular flexibility index (Phi) is 3.39. The van der Waals surface area contributed by atoms with Crippen molar-refractivity contribution in [2.75, 3.05) is 13.2 Å². The second-order valence-corrected chi connectivity index (χ2v) is 4.36. The number of thiophene rings is 1. The molecule has 1 unspecified atom stereocenters. The minimum absolute atomic E-state index is 0.278. The number of hydrogen-bond donors (Lipinski definition) is 1. The van der Waals surface area contributed by atoms with E-state index in [1.54, 1.807) is 11.3 Å². The maximum absolute atomic E-state index is 5.66. The molecule has 78 valence electrons. The third-order valence-electron chi connectivity index (χ3n) is 2.34. The van der Waals surface area contributed by atoms with Crippen LogP contribution in [0.4, 0.5) is 0 Å². The Morgan fingerprint density at radius 3 is 3.29 bits per heavy atom. The van der Waals surface area contributed by atoms with E-state index < -0.39 is 0 Å². The lowest BCUT2D eigenvalue weighted by Gasteiger charge is -2.11. The quantitative estimate of drug-likeness (QED) is 0.829. The molecule has 0 aromatic carbocycles. The van der Waals surface area contributed by atoms with E-state index in [0.29, 0.717) is 13.2 Å². The summed E-state index contributed by atoms with van der Waals surface area (Å²) in [6.45, 7) is 2.09. The number of ether oxygens (including phenoxy) is 2. The molecule has 1 aliphatic rings. The molecule has 0 spiro atoms. The molecule has 2 heterocycles. The molecule has 1 saturated heterocycles. The summed E-state index contributed by atoms with van der Waals surface area (Å²) >= 11 is 1.64. The average molecular weight is 213 g/mol. The lowest BCUT2D eigenvalue weighted by atomic mass is 10.2. The molecule has 0 bridgehead atoms. The van der Waals surface area contributed by atoms with E-state index in [0.717, 1.165) is 30.1 Å². The Bertz CT molecular complexity index is 281. The van der Waals surface area contributed by atoms with Crippen molar-refractivity contribution in [3.63, 3.8) is 0 Å². The van der Waals surface area contributed by atoms with Gasteiger partial charge in [0, 0.05) is 13.2 Å². The smallest absolute Gasteiger partial charge is 0.134 e. The van der Waals surface area contributed by atoms with Gasteiger partial charge in [0.15, 0.2) is 0 Å². The molecule has 0 saturated carbocycles. The van der Waals surface area contributed by atoms with Crippen LogP contribution in [0, 0.1) is 0 Å². The average Bonchev–Trinajstić information content (AvgIpc) is 2.85. The van der Waals surface area contributed by atoms with Crippen molar-refractivity contribution in [1.29, 1.82) is 0 Å². The van der Waals surface area contributed by atoms with Gasteiger partial charge in [-0.15, -0.1) is 11.3 Å². The molecule has 1 aromatic rings. The molecule has 0 amide bonds. The van der Waals surface area contributed by atoms with Gasteiger partial charge in [-0.25, -0.2) is 0 Å². The highest BCUT2D eigenvalue weighted by atomic mass is 32.1. The Balaban J connectivity index is 1.84. The van der Waals surface area contributed by atoms with Crippen LogP contribution in [0.15, 0.2) is 11.4 Å². The summed E-state index contributed by atoms with van der Waals surface area (Å²) < 4.78 is 11.1. The molecule has 1 fully saturated rings. The second kappa shape index (κ2) is 4.77. The first-order valence-electron chi connectivity index (χ1n) is 4.91. The van der Waals surface area contributed by atoms with Crippen LogP contribution >= 0.6 is 11.3 Å². The molecular formula is C10H15NO2S. The summed E-state index contributed by atoms with van der Waals surface area (Å²) in [5.74, 6) is 0.924. The predicted octanol–water partition coefficient (Wildman–Crippen LogP) is 1.76. The van der Waals surface area contributed by atoms with E-state index in [9.17, 15) is 0 Å². The maximum atomic E-state index is 5.66. The lowest BCUT2D eigenvalue weighted by Crippen LogP contribution is -2.16. The molecule has 4 heteroatoms. The van der Waals surface area contributed by atoms with Crippen LogP contribution in [-0.4, -0.2) is 19.3 Å². The van der Waals surface area contributed by atoms with Gasteiger partial charge in [-0.3, -0.25) is 0 Å². The molecule has 1 atom stereocenters. The van der Waals surface area contributed by atoms with E-state index in [2.05, 4.69) is 0 Å². The van der Waals surface area contributed by atoms with Gasteiger partial charge in [0.2, 0.25) is 0 Å². The summed E-state index contributed by atoms with van der Waals surface area (Å²) in [6.07, 6.45) is 2.55. The monoisotopic (exact) mass is 213 g/mol. The Labute approximate surface area is 87.8 Å². The van der Waals surface area contributed by atoms with Crippen molar-refractivity contribution < 1.29 is 9.47 Å². The third kappa shape index (κ3) is 2.26. The van der Waals surface area contributed by atoms with Crippen molar-refractivity contribution in [3.05, 3.63) is 16.3 Å². The standard InChI is InChI=1S/C10H15NO2S/c11-6-10-9(3-5-14-10)13-7-8-2-1-4-12-8/h3,5,8H,1-2,4,6-7,11H2.